The Kier molecular flexibility index (Phi) is 6.46. The number of piperidine rings is 1. The van der Waals surface area contributed by atoms with Gasteiger partial charge in [0, 0.05) is 76.3 Å². The molecule has 5 aliphatic carbocycles. The van der Waals surface area contributed by atoms with Gasteiger partial charge >= 0.3 is 5.97 Å². The van der Waals surface area contributed by atoms with Gasteiger partial charge in [-0.05, 0) is 44.4 Å². The third kappa shape index (κ3) is 3.21. The van der Waals surface area contributed by atoms with Gasteiger partial charge in [0.05, 0.1) is 29.6 Å². The van der Waals surface area contributed by atoms with Crippen molar-refractivity contribution >= 4 is 17.6 Å². The molecule has 0 radical (unpaired) electrons. The molecule has 1 amide bonds. The summed E-state index contributed by atoms with van der Waals surface area (Å²) in [6.45, 7) is 4.79. The highest BCUT2D eigenvalue weighted by atomic mass is 16.6. The summed E-state index contributed by atoms with van der Waals surface area (Å²) in [5.41, 5.74) is -3.57. The molecule has 5 saturated carbocycles. The highest BCUT2D eigenvalue weighted by molar-refractivity contribution is 6.00. The van der Waals surface area contributed by atoms with Gasteiger partial charge in [-0.15, -0.1) is 0 Å². The van der Waals surface area contributed by atoms with Crippen molar-refractivity contribution in [1.29, 1.82) is 0 Å². The lowest BCUT2D eigenvalue weighted by Gasteiger charge is -2.70. The molecular formula is C32H44N2O8. The number of hydrogen-bond donors (Lipinski definition) is 3. The number of amides is 1. The van der Waals surface area contributed by atoms with E-state index >= 15 is 0 Å². The van der Waals surface area contributed by atoms with E-state index in [4.69, 9.17) is 18.9 Å². The molecular weight excluding hydrogens is 540 g/mol. The molecule has 42 heavy (non-hydrogen) atoms. The number of likely N-dealkylation sites (N-methyl/N-ethyl adjacent to an activating group) is 1. The number of benzene rings is 1. The Bertz CT molecular complexity index is 1290. The van der Waals surface area contributed by atoms with E-state index in [2.05, 4.69) is 17.1 Å². The fourth-order valence-corrected chi connectivity index (χ4v) is 11.6. The summed E-state index contributed by atoms with van der Waals surface area (Å²) in [7, 11) is 5.05. The van der Waals surface area contributed by atoms with Crippen molar-refractivity contribution in [1.82, 2.24) is 4.90 Å². The lowest BCUT2D eigenvalue weighted by molar-refractivity contribution is -0.337. The zero-order chi connectivity index (χ0) is 29.8. The second kappa shape index (κ2) is 9.46. The Hall–Kier alpha value is -2.08. The molecule has 1 saturated heterocycles. The summed E-state index contributed by atoms with van der Waals surface area (Å²) < 4.78 is 25.1. The van der Waals surface area contributed by atoms with Gasteiger partial charge in [0.15, 0.2) is 0 Å². The van der Waals surface area contributed by atoms with E-state index in [-0.39, 0.29) is 47.8 Å². The predicted octanol–water partition coefficient (Wildman–Crippen LogP) is 2.22. The Balaban J connectivity index is 1.38. The molecule has 1 aromatic carbocycles. The number of carbonyl (C=O) groups excluding carboxylic acids is 2. The molecule has 10 nitrogen and oxygen atoms in total. The van der Waals surface area contributed by atoms with Crippen molar-refractivity contribution < 1.29 is 38.7 Å². The van der Waals surface area contributed by atoms with Gasteiger partial charge in [0.2, 0.25) is 5.91 Å². The van der Waals surface area contributed by atoms with Crippen LogP contribution in [-0.2, 0) is 23.7 Å². The Labute approximate surface area is 247 Å². The number of methoxy groups -OCH3 is 3. The maximum absolute atomic E-state index is 14.0. The first-order chi connectivity index (χ1) is 20.1. The lowest BCUT2D eigenvalue weighted by Crippen LogP contribution is -2.83. The van der Waals surface area contributed by atoms with E-state index in [0.29, 0.717) is 56.4 Å². The molecule has 6 aliphatic rings. The van der Waals surface area contributed by atoms with Gasteiger partial charge < -0.3 is 34.5 Å². The number of hydrogen-bond acceptors (Lipinski definition) is 9. The molecule has 0 aromatic heterocycles. The van der Waals surface area contributed by atoms with E-state index in [1.165, 1.54) is 6.92 Å². The van der Waals surface area contributed by atoms with E-state index in [1.54, 1.807) is 45.6 Å². The zero-order valence-corrected chi connectivity index (χ0v) is 25.2. The minimum atomic E-state index is -1.48. The minimum absolute atomic E-state index is 0.0432. The summed E-state index contributed by atoms with van der Waals surface area (Å²) in [5.74, 6) is -1.54. The summed E-state index contributed by atoms with van der Waals surface area (Å²) in [4.78, 5) is 28.3. The molecule has 10 heteroatoms. The SMILES string of the molecule is CCN1C[C@]2(OC(=O)c3ccccc3NC(C)=O)CC[C@H](OC)[C@]34[C@@H]2C[C@H]([C@@H]13)[C@@]1(O)C[C@H](OC)[C@H]2C[C@H]4[C@]1(O)[C@H]2OC. The smallest absolute Gasteiger partial charge is 0.340 e. The first-order valence-corrected chi connectivity index (χ1v) is 15.4. The van der Waals surface area contributed by atoms with E-state index in [0.717, 1.165) is 0 Å². The number of anilines is 1. The van der Waals surface area contributed by atoms with Crippen molar-refractivity contribution in [3.05, 3.63) is 29.8 Å². The highest BCUT2D eigenvalue weighted by Crippen LogP contribution is 2.79. The average molecular weight is 585 g/mol. The van der Waals surface area contributed by atoms with E-state index in [1.807, 2.05) is 0 Å². The first-order valence-electron chi connectivity index (χ1n) is 15.4. The summed E-state index contributed by atoms with van der Waals surface area (Å²) in [6, 6.07) is 6.89. The van der Waals surface area contributed by atoms with Crippen LogP contribution in [0.15, 0.2) is 24.3 Å². The van der Waals surface area contributed by atoms with Crippen LogP contribution in [0.1, 0.15) is 56.3 Å². The largest absolute Gasteiger partial charge is 0.454 e. The highest BCUT2D eigenvalue weighted by Gasteiger charge is 2.89. The molecule has 1 aliphatic heterocycles. The third-order valence-corrected chi connectivity index (χ3v) is 12.6. The number of nitrogens with zero attached hydrogens (tertiary/aromatic N) is 1. The zero-order valence-electron chi connectivity index (χ0n) is 25.2. The molecule has 1 aromatic rings. The van der Waals surface area contributed by atoms with Crippen molar-refractivity contribution in [3.63, 3.8) is 0 Å². The molecule has 1 heterocycles. The van der Waals surface area contributed by atoms with Crippen molar-refractivity contribution in [2.75, 3.05) is 39.7 Å². The normalized spacial score (nSPS) is 48.2. The van der Waals surface area contributed by atoms with Gasteiger partial charge in [-0.3, -0.25) is 9.69 Å². The molecule has 6 fully saturated rings. The summed E-state index contributed by atoms with van der Waals surface area (Å²) in [5, 5.41) is 28.4. The fourth-order valence-electron chi connectivity index (χ4n) is 11.6. The van der Waals surface area contributed by atoms with Crippen LogP contribution in [0.5, 0.6) is 0 Å². The quantitative estimate of drug-likeness (QED) is 0.414. The van der Waals surface area contributed by atoms with Crippen LogP contribution >= 0.6 is 0 Å². The molecule has 0 unspecified atom stereocenters. The maximum Gasteiger partial charge on any atom is 0.340 e. The molecule has 7 bridgehead atoms. The van der Waals surface area contributed by atoms with Crippen molar-refractivity contribution in [3.8, 4) is 0 Å². The van der Waals surface area contributed by atoms with Gasteiger partial charge in [-0.1, -0.05) is 19.1 Å². The number of rotatable bonds is 7. The maximum atomic E-state index is 14.0. The van der Waals surface area contributed by atoms with Gasteiger partial charge in [-0.2, -0.15) is 0 Å². The Morgan fingerprint density at radius 1 is 1.07 bits per heavy atom. The third-order valence-electron chi connectivity index (χ3n) is 12.6. The molecule has 7 rings (SSSR count). The predicted molar refractivity (Wildman–Crippen MR) is 152 cm³/mol. The van der Waals surface area contributed by atoms with Crippen LogP contribution in [-0.4, -0.2) is 103 Å². The van der Waals surface area contributed by atoms with Gasteiger partial charge in [-0.25, -0.2) is 4.79 Å². The first kappa shape index (κ1) is 28.7. The van der Waals surface area contributed by atoms with Crippen LogP contribution in [0.2, 0.25) is 0 Å². The Morgan fingerprint density at radius 3 is 2.50 bits per heavy atom. The van der Waals surface area contributed by atoms with Crippen LogP contribution in [0.25, 0.3) is 0 Å². The van der Waals surface area contributed by atoms with E-state index in [9.17, 15) is 19.8 Å². The average Bonchev–Trinajstić information content (AvgIpc) is 3.39. The Morgan fingerprint density at radius 2 is 1.83 bits per heavy atom. The fraction of sp³-hybridized carbons (Fsp3) is 0.750. The van der Waals surface area contributed by atoms with Crippen LogP contribution < -0.4 is 5.32 Å². The lowest BCUT2D eigenvalue weighted by atomic mass is 9.44. The number of para-hydroxylation sites is 1. The number of aliphatic hydroxyl groups is 2. The van der Waals surface area contributed by atoms with Crippen LogP contribution in [0, 0.1) is 29.1 Å². The van der Waals surface area contributed by atoms with Gasteiger partial charge in [0.1, 0.15) is 16.8 Å². The summed E-state index contributed by atoms with van der Waals surface area (Å²) >= 11 is 0. The number of likely N-dealkylation sites (tertiary alicyclic amines) is 1. The monoisotopic (exact) mass is 584 g/mol. The topological polar surface area (TPSA) is 127 Å². The molecule has 1 spiro atoms. The number of nitrogens with one attached hydrogen (secondary N) is 1. The second-order valence-electron chi connectivity index (χ2n) is 13.7. The number of esters is 1. The standard InChI is InChI=1S/C32H44N2O8/c1-6-34-16-29(42-28(36)18-9-7-8-10-21(18)33-17(2)35)12-11-25(40-4)31-23(29)14-20(26(31)34)30(37)15-22(39-3)19-13-24(31)32(30,38)27(19)41-5/h7-10,19-20,22-27,37-38H,6,11-16H2,1-5H3,(H,33,35)/t19-,20-,22+,23-,24-,25+,26-,27+,29-,30+,31-,32+/m1/s1. The van der Waals surface area contributed by atoms with Crippen molar-refractivity contribution in [2.24, 2.45) is 29.1 Å². The molecule has 3 N–H and O–H groups in total. The second-order valence-corrected chi connectivity index (χ2v) is 13.7. The van der Waals surface area contributed by atoms with Crippen LogP contribution in [0.3, 0.4) is 0 Å². The minimum Gasteiger partial charge on any atom is -0.454 e. The number of fused-ring (bicyclic) bond motifs is 2. The number of carbonyl (C=O) groups is 2. The van der Waals surface area contributed by atoms with Crippen LogP contribution in [0.4, 0.5) is 5.69 Å². The molecule has 12 atom stereocenters. The van der Waals surface area contributed by atoms with Gasteiger partial charge in [0.25, 0.3) is 0 Å². The summed E-state index contributed by atoms with van der Waals surface area (Å²) in [6.07, 6.45) is 1.91. The molecule has 230 valence electrons. The van der Waals surface area contributed by atoms with E-state index < -0.39 is 34.3 Å². The number of ether oxygens (including phenoxy) is 4. The van der Waals surface area contributed by atoms with Crippen molar-refractivity contribution in [2.45, 2.75) is 87.1 Å².